The van der Waals surface area contributed by atoms with E-state index in [2.05, 4.69) is 21.1 Å². The number of hydrazone groups is 2. The molecule has 0 bridgehead atoms. The Kier molecular flexibility index (Phi) is 8.94. The Bertz CT molecular complexity index is 871. The van der Waals surface area contributed by atoms with Crippen molar-refractivity contribution in [1.29, 1.82) is 0 Å². The van der Waals surface area contributed by atoms with Crippen LogP contribution in [0.5, 0.6) is 0 Å². The van der Waals surface area contributed by atoms with Gasteiger partial charge in [0.25, 0.3) is 0 Å². The maximum atomic E-state index is 11.9. The molecular formula is C24H30N4O2. The predicted octanol–water partition coefficient (Wildman–Crippen LogP) is 4.08. The van der Waals surface area contributed by atoms with Gasteiger partial charge in [0.2, 0.25) is 11.8 Å². The number of carbonyl (C=O) groups excluding carboxylic acids is 2. The number of unbranched alkanes of at least 4 members (excludes halogenated alkanes) is 1. The van der Waals surface area contributed by atoms with Crippen LogP contribution < -0.4 is 10.9 Å². The topological polar surface area (TPSA) is 82.9 Å². The van der Waals surface area contributed by atoms with Crippen LogP contribution in [0.25, 0.3) is 0 Å². The molecule has 0 spiro atoms. The standard InChI is InChI=1S/C24H30N4O2/c1-17-9-11-19(3)21(13-17)15-25-27-23(29)7-5-6-8-24(30)28-26-16-22-14-18(2)10-12-20(22)4/h9-16H,5-8H2,1-4H3,(H,27,29)(H,28,30). The summed E-state index contributed by atoms with van der Waals surface area (Å²) in [6.07, 6.45) is 5.17. The fourth-order valence-electron chi connectivity index (χ4n) is 2.83. The van der Waals surface area contributed by atoms with Gasteiger partial charge in [-0.3, -0.25) is 9.59 Å². The third-order valence-electron chi connectivity index (χ3n) is 4.71. The molecule has 0 saturated carbocycles. The zero-order chi connectivity index (χ0) is 21.9. The van der Waals surface area contributed by atoms with Gasteiger partial charge in [-0.15, -0.1) is 0 Å². The lowest BCUT2D eigenvalue weighted by Crippen LogP contribution is -2.19. The lowest BCUT2D eigenvalue weighted by atomic mass is 10.1. The molecule has 0 aliphatic carbocycles. The molecule has 2 N–H and O–H groups in total. The van der Waals surface area contributed by atoms with E-state index in [4.69, 9.17) is 0 Å². The highest BCUT2D eigenvalue weighted by Gasteiger charge is 2.03. The van der Waals surface area contributed by atoms with Gasteiger partial charge in [-0.1, -0.05) is 47.5 Å². The summed E-state index contributed by atoms with van der Waals surface area (Å²) in [6, 6.07) is 12.2. The van der Waals surface area contributed by atoms with E-state index < -0.39 is 0 Å². The lowest BCUT2D eigenvalue weighted by molar-refractivity contribution is -0.123. The second kappa shape index (κ2) is 11.7. The second-order valence-corrected chi connectivity index (χ2v) is 7.51. The van der Waals surface area contributed by atoms with Crippen molar-refractivity contribution in [1.82, 2.24) is 10.9 Å². The van der Waals surface area contributed by atoms with Crippen LogP contribution >= 0.6 is 0 Å². The van der Waals surface area contributed by atoms with E-state index in [1.54, 1.807) is 12.4 Å². The number of hydrogen-bond acceptors (Lipinski definition) is 4. The van der Waals surface area contributed by atoms with Crippen LogP contribution in [-0.2, 0) is 9.59 Å². The smallest absolute Gasteiger partial charge is 0.240 e. The Morgan fingerprint density at radius 2 is 1.13 bits per heavy atom. The highest BCUT2D eigenvalue weighted by Crippen LogP contribution is 2.09. The van der Waals surface area contributed by atoms with Crippen molar-refractivity contribution in [2.45, 2.75) is 53.4 Å². The molecule has 6 heteroatoms. The summed E-state index contributed by atoms with van der Waals surface area (Å²) < 4.78 is 0. The minimum absolute atomic E-state index is 0.162. The fourth-order valence-corrected chi connectivity index (χ4v) is 2.83. The molecule has 0 fully saturated rings. The van der Waals surface area contributed by atoms with Gasteiger partial charge >= 0.3 is 0 Å². The SMILES string of the molecule is Cc1ccc(C)c(C=NNC(=O)CCCCC(=O)NN=Cc2cc(C)ccc2C)c1. The normalized spacial score (nSPS) is 11.2. The Morgan fingerprint density at radius 3 is 1.53 bits per heavy atom. The van der Waals surface area contributed by atoms with Gasteiger partial charge in [-0.25, -0.2) is 10.9 Å². The quantitative estimate of drug-likeness (QED) is 0.374. The zero-order valence-corrected chi connectivity index (χ0v) is 18.2. The van der Waals surface area contributed by atoms with Crippen molar-refractivity contribution >= 4 is 24.2 Å². The van der Waals surface area contributed by atoms with Gasteiger partial charge in [-0.05, 0) is 62.8 Å². The first kappa shape index (κ1) is 23.0. The lowest BCUT2D eigenvalue weighted by Gasteiger charge is -2.03. The fraction of sp³-hybridized carbons (Fsp3) is 0.333. The number of hydrogen-bond donors (Lipinski definition) is 2. The van der Waals surface area contributed by atoms with Crippen molar-refractivity contribution in [2.75, 3.05) is 0 Å². The van der Waals surface area contributed by atoms with Crippen molar-refractivity contribution in [3.8, 4) is 0 Å². The van der Waals surface area contributed by atoms with E-state index in [0.717, 1.165) is 33.4 Å². The minimum atomic E-state index is -0.162. The maximum absolute atomic E-state index is 11.9. The average molecular weight is 407 g/mol. The molecule has 2 aromatic carbocycles. The van der Waals surface area contributed by atoms with Crippen molar-refractivity contribution in [2.24, 2.45) is 10.2 Å². The molecule has 2 rings (SSSR count). The van der Waals surface area contributed by atoms with Crippen molar-refractivity contribution in [3.63, 3.8) is 0 Å². The molecule has 2 amide bonds. The third kappa shape index (κ3) is 7.99. The van der Waals surface area contributed by atoms with Crippen LogP contribution in [0.15, 0.2) is 46.6 Å². The first-order valence-corrected chi connectivity index (χ1v) is 10.1. The highest BCUT2D eigenvalue weighted by molar-refractivity contribution is 5.85. The van der Waals surface area contributed by atoms with Crippen molar-refractivity contribution < 1.29 is 9.59 Å². The number of aryl methyl sites for hydroxylation is 4. The summed E-state index contributed by atoms with van der Waals surface area (Å²) in [5, 5.41) is 8.03. The van der Waals surface area contributed by atoms with Crippen LogP contribution in [0.4, 0.5) is 0 Å². The maximum Gasteiger partial charge on any atom is 0.240 e. The van der Waals surface area contributed by atoms with E-state index in [1.165, 1.54) is 0 Å². The van der Waals surface area contributed by atoms with Crippen LogP contribution in [0.3, 0.4) is 0 Å². The summed E-state index contributed by atoms with van der Waals surface area (Å²) in [4.78, 5) is 23.7. The molecule has 0 aliphatic rings. The molecule has 30 heavy (non-hydrogen) atoms. The molecule has 0 atom stereocenters. The van der Waals surface area contributed by atoms with E-state index in [9.17, 15) is 9.59 Å². The van der Waals surface area contributed by atoms with E-state index >= 15 is 0 Å². The molecule has 0 heterocycles. The van der Waals surface area contributed by atoms with Gasteiger partial charge in [0.05, 0.1) is 12.4 Å². The predicted molar refractivity (Wildman–Crippen MR) is 122 cm³/mol. The Balaban J connectivity index is 1.64. The molecule has 158 valence electrons. The largest absolute Gasteiger partial charge is 0.273 e. The summed E-state index contributed by atoms with van der Waals surface area (Å²) in [5.41, 5.74) is 11.5. The zero-order valence-electron chi connectivity index (χ0n) is 18.2. The molecule has 0 aliphatic heterocycles. The summed E-state index contributed by atoms with van der Waals surface area (Å²) in [6.45, 7) is 8.03. The van der Waals surface area contributed by atoms with E-state index in [1.807, 2.05) is 64.1 Å². The number of benzene rings is 2. The van der Waals surface area contributed by atoms with E-state index in [-0.39, 0.29) is 11.8 Å². The number of rotatable bonds is 9. The number of nitrogens with one attached hydrogen (secondary N) is 2. The molecule has 0 radical (unpaired) electrons. The first-order chi connectivity index (χ1) is 14.3. The van der Waals surface area contributed by atoms with Crippen molar-refractivity contribution in [3.05, 3.63) is 69.8 Å². The van der Waals surface area contributed by atoms with Gasteiger partial charge in [0.15, 0.2) is 0 Å². The van der Waals surface area contributed by atoms with Crippen LogP contribution in [0.2, 0.25) is 0 Å². The summed E-state index contributed by atoms with van der Waals surface area (Å²) >= 11 is 0. The number of amides is 2. The van der Waals surface area contributed by atoms with Gasteiger partial charge < -0.3 is 0 Å². The van der Waals surface area contributed by atoms with Gasteiger partial charge in [0, 0.05) is 12.8 Å². The van der Waals surface area contributed by atoms with Crippen LogP contribution in [0.1, 0.15) is 59.1 Å². The molecule has 0 aromatic heterocycles. The third-order valence-corrected chi connectivity index (χ3v) is 4.71. The number of carbonyl (C=O) groups is 2. The van der Waals surface area contributed by atoms with Crippen LogP contribution in [0, 0.1) is 27.7 Å². The Labute approximate surface area is 178 Å². The molecule has 2 aromatic rings. The van der Waals surface area contributed by atoms with Crippen LogP contribution in [-0.4, -0.2) is 24.2 Å². The Morgan fingerprint density at radius 1 is 0.733 bits per heavy atom. The second-order valence-electron chi connectivity index (χ2n) is 7.51. The van der Waals surface area contributed by atoms with Gasteiger partial charge in [0.1, 0.15) is 0 Å². The van der Waals surface area contributed by atoms with E-state index in [0.29, 0.717) is 25.7 Å². The van der Waals surface area contributed by atoms with Gasteiger partial charge in [-0.2, -0.15) is 10.2 Å². The molecule has 6 nitrogen and oxygen atoms in total. The average Bonchev–Trinajstić information content (AvgIpc) is 2.70. The molecule has 0 saturated heterocycles. The molecular weight excluding hydrogens is 376 g/mol. The monoisotopic (exact) mass is 406 g/mol. The minimum Gasteiger partial charge on any atom is -0.273 e. The molecule has 0 unspecified atom stereocenters. The summed E-state index contributed by atoms with van der Waals surface area (Å²) in [7, 11) is 0. The Hall–Kier alpha value is -3.28. The highest BCUT2D eigenvalue weighted by atomic mass is 16.2. The summed E-state index contributed by atoms with van der Waals surface area (Å²) in [5.74, 6) is -0.324. The first-order valence-electron chi connectivity index (χ1n) is 10.1. The number of nitrogens with zero attached hydrogens (tertiary/aromatic N) is 2.